The first kappa shape index (κ1) is 22.3. The van der Waals surface area contributed by atoms with E-state index in [1.807, 2.05) is 48.5 Å². The molecular weight excluding hydrogens is 466 g/mol. The van der Waals surface area contributed by atoms with Crippen molar-refractivity contribution in [1.29, 1.82) is 0 Å². The van der Waals surface area contributed by atoms with Crippen LogP contribution in [0.3, 0.4) is 0 Å². The lowest BCUT2D eigenvalue weighted by Gasteiger charge is -2.12. The first-order chi connectivity index (χ1) is 17.0. The summed E-state index contributed by atoms with van der Waals surface area (Å²) in [5.74, 6) is 0.362. The molecule has 0 fully saturated rings. The van der Waals surface area contributed by atoms with Crippen molar-refractivity contribution < 1.29 is 9.66 Å². The van der Waals surface area contributed by atoms with Crippen LogP contribution in [0.5, 0.6) is 11.5 Å². The normalized spacial score (nSPS) is 10.9. The number of hydrogen-bond donors (Lipinski definition) is 0. The molecule has 0 atom stereocenters. The van der Waals surface area contributed by atoms with Crippen molar-refractivity contribution in [2.75, 3.05) is 0 Å². The maximum absolute atomic E-state index is 13.2. The largest absolute Gasteiger partial charge is 0.449 e. The highest BCUT2D eigenvalue weighted by molar-refractivity contribution is 6.32. The second-order valence-electron chi connectivity index (χ2n) is 7.81. The van der Waals surface area contributed by atoms with Gasteiger partial charge in [-0.25, -0.2) is 4.68 Å². The lowest BCUT2D eigenvalue weighted by Crippen LogP contribution is -2.24. The van der Waals surface area contributed by atoms with Crippen LogP contribution < -0.4 is 10.3 Å². The molecule has 5 rings (SSSR count). The van der Waals surface area contributed by atoms with E-state index in [0.717, 1.165) is 22.2 Å². The third-order valence-electron chi connectivity index (χ3n) is 5.53. The quantitative estimate of drug-likeness (QED) is 0.204. The number of nitrogens with zero attached hydrogens (tertiary/aromatic N) is 3. The fraction of sp³-hybridized carbons (Fsp3) is 0.0370. The maximum atomic E-state index is 13.2. The lowest BCUT2D eigenvalue weighted by molar-refractivity contribution is -0.385. The molecule has 0 unspecified atom stereocenters. The van der Waals surface area contributed by atoms with E-state index in [1.54, 1.807) is 30.3 Å². The van der Waals surface area contributed by atoms with Crippen LogP contribution >= 0.6 is 11.6 Å². The van der Waals surface area contributed by atoms with Crippen molar-refractivity contribution in [2.45, 2.75) is 6.54 Å². The van der Waals surface area contributed by atoms with Crippen molar-refractivity contribution in [3.8, 4) is 22.8 Å². The van der Waals surface area contributed by atoms with Gasteiger partial charge < -0.3 is 4.74 Å². The molecule has 7 nitrogen and oxygen atoms in total. The highest BCUT2D eigenvalue weighted by atomic mass is 35.5. The summed E-state index contributed by atoms with van der Waals surface area (Å²) in [7, 11) is 0. The number of aromatic nitrogens is 2. The van der Waals surface area contributed by atoms with Crippen LogP contribution in [0.15, 0.2) is 102 Å². The van der Waals surface area contributed by atoms with Crippen LogP contribution in [-0.2, 0) is 6.54 Å². The molecule has 0 saturated heterocycles. The van der Waals surface area contributed by atoms with Gasteiger partial charge in [-0.3, -0.25) is 14.9 Å². The molecule has 0 bridgehead atoms. The molecule has 0 aliphatic carbocycles. The summed E-state index contributed by atoms with van der Waals surface area (Å²) < 4.78 is 7.15. The minimum absolute atomic E-state index is 0.0214. The average Bonchev–Trinajstić information content (AvgIpc) is 2.88. The highest BCUT2D eigenvalue weighted by Crippen LogP contribution is 2.37. The van der Waals surface area contributed by atoms with E-state index < -0.39 is 4.92 Å². The molecule has 0 radical (unpaired) electrons. The Kier molecular flexibility index (Phi) is 5.99. The Bertz CT molecular complexity index is 1600. The molecule has 1 aromatic heterocycles. The number of hydrogen-bond acceptors (Lipinski definition) is 5. The molecule has 5 aromatic rings. The van der Waals surface area contributed by atoms with Crippen molar-refractivity contribution in [2.24, 2.45) is 0 Å². The number of para-hydroxylation sites is 1. The van der Waals surface area contributed by atoms with E-state index in [-0.39, 0.29) is 28.6 Å². The minimum atomic E-state index is -0.544. The van der Waals surface area contributed by atoms with Gasteiger partial charge in [-0.1, -0.05) is 78.3 Å². The zero-order valence-electron chi connectivity index (χ0n) is 18.3. The van der Waals surface area contributed by atoms with Crippen molar-refractivity contribution in [1.82, 2.24) is 9.78 Å². The SMILES string of the molecule is O=c1c2ccccc2c(-c2ccccc2)nn1Cc1ccc(Oc2c(Cl)cccc2[N+](=O)[O-])cc1. The maximum Gasteiger partial charge on any atom is 0.313 e. The van der Waals surface area contributed by atoms with E-state index in [4.69, 9.17) is 16.3 Å². The van der Waals surface area contributed by atoms with Crippen molar-refractivity contribution in [3.05, 3.63) is 128 Å². The summed E-state index contributed by atoms with van der Waals surface area (Å²) in [5, 5.41) is 17.5. The van der Waals surface area contributed by atoms with Crippen molar-refractivity contribution >= 4 is 28.1 Å². The van der Waals surface area contributed by atoms with Crippen LogP contribution in [0.2, 0.25) is 5.02 Å². The molecular formula is C27H18ClN3O4. The smallest absolute Gasteiger partial charge is 0.313 e. The average molecular weight is 484 g/mol. The zero-order valence-corrected chi connectivity index (χ0v) is 19.1. The van der Waals surface area contributed by atoms with Gasteiger partial charge in [0.05, 0.1) is 27.6 Å². The van der Waals surface area contributed by atoms with E-state index in [0.29, 0.717) is 11.1 Å². The molecule has 8 heteroatoms. The van der Waals surface area contributed by atoms with Gasteiger partial charge in [0, 0.05) is 17.0 Å². The van der Waals surface area contributed by atoms with E-state index in [1.165, 1.54) is 22.9 Å². The predicted molar refractivity (Wildman–Crippen MR) is 135 cm³/mol. The van der Waals surface area contributed by atoms with E-state index in [9.17, 15) is 14.9 Å². The van der Waals surface area contributed by atoms with E-state index in [2.05, 4.69) is 5.10 Å². The summed E-state index contributed by atoms with van der Waals surface area (Å²) in [6.45, 7) is 0.246. The molecule has 0 amide bonds. The first-order valence-electron chi connectivity index (χ1n) is 10.8. The number of ether oxygens (including phenoxy) is 1. The third kappa shape index (κ3) is 4.49. The summed E-state index contributed by atoms with van der Waals surface area (Å²) in [6, 6.07) is 28.4. The number of halogens is 1. The molecule has 172 valence electrons. The Hall–Kier alpha value is -4.49. The molecule has 0 aliphatic heterocycles. The standard InChI is InChI=1S/C27H18ClN3O4/c28-23-11-6-12-24(31(33)34)26(23)35-20-15-13-18(14-16-20)17-30-27(32)22-10-5-4-9-21(22)25(29-30)19-7-2-1-3-8-19/h1-16H,17H2. The van der Waals surface area contributed by atoms with E-state index >= 15 is 0 Å². The number of benzene rings is 4. The Balaban J connectivity index is 1.47. The van der Waals surface area contributed by atoms with Crippen molar-refractivity contribution in [3.63, 3.8) is 0 Å². The molecule has 0 aliphatic rings. The summed E-state index contributed by atoms with van der Waals surface area (Å²) in [5.41, 5.74) is 2.05. The second-order valence-corrected chi connectivity index (χ2v) is 8.22. The minimum Gasteiger partial charge on any atom is -0.449 e. The fourth-order valence-corrected chi connectivity index (χ4v) is 4.06. The van der Waals surface area contributed by atoms with Crippen LogP contribution in [-0.4, -0.2) is 14.7 Å². The number of fused-ring (bicyclic) bond motifs is 1. The van der Waals surface area contributed by atoms with Crippen LogP contribution in [0, 0.1) is 10.1 Å². The van der Waals surface area contributed by atoms with Crippen LogP contribution in [0.25, 0.3) is 22.0 Å². The molecule has 1 heterocycles. The zero-order chi connectivity index (χ0) is 24.4. The number of rotatable bonds is 6. The Labute approximate surface area is 204 Å². The molecule has 35 heavy (non-hydrogen) atoms. The summed E-state index contributed by atoms with van der Waals surface area (Å²) in [6.07, 6.45) is 0. The lowest BCUT2D eigenvalue weighted by atomic mass is 10.1. The first-order valence-corrected chi connectivity index (χ1v) is 11.1. The molecule has 0 N–H and O–H groups in total. The third-order valence-corrected chi connectivity index (χ3v) is 5.83. The van der Waals surface area contributed by atoms with Gasteiger partial charge >= 0.3 is 5.69 Å². The van der Waals surface area contributed by atoms with Gasteiger partial charge in [0.2, 0.25) is 5.75 Å². The number of nitro benzene ring substituents is 1. The van der Waals surface area contributed by atoms with Gasteiger partial charge in [0.25, 0.3) is 5.56 Å². The Morgan fingerprint density at radius 2 is 1.54 bits per heavy atom. The topological polar surface area (TPSA) is 87.3 Å². The molecule has 4 aromatic carbocycles. The highest BCUT2D eigenvalue weighted by Gasteiger charge is 2.19. The molecule has 0 spiro atoms. The van der Waals surface area contributed by atoms with Gasteiger partial charge in [-0.05, 0) is 29.8 Å². The number of nitro groups is 1. The van der Waals surface area contributed by atoms with Crippen LogP contribution in [0.4, 0.5) is 5.69 Å². The van der Waals surface area contributed by atoms with Crippen LogP contribution in [0.1, 0.15) is 5.56 Å². The fourth-order valence-electron chi connectivity index (χ4n) is 3.85. The Morgan fingerprint density at radius 3 is 2.26 bits per heavy atom. The van der Waals surface area contributed by atoms with Gasteiger partial charge in [0.1, 0.15) is 5.75 Å². The van der Waals surface area contributed by atoms with Gasteiger partial charge in [-0.2, -0.15) is 5.10 Å². The second kappa shape index (κ2) is 9.40. The summed E-state index contributed by atoms with van der Waals surface area (Å²) >= 11 is 6.12. The summed E-state index contributed by atoms with van der Waals surface area (Å²) in [4.78, 5) is 23.9. The monoisotopic (exact) mass is 483 g/mol. The van der Waals surface area contributed by atoms with Gasteiger partial charge in [-0.15, -0.1) is 0 Å². The van der Waals surface area contributed by atoms with Gasteiger partial charge in [0.15, 0.2) is 0 Å². The Morgan fingerprint density at radius 1 is 0.857 bits per heavy atom. The predicted octanol–water partition coefficient (Wildman–Crippen LogP) is 6.47. The molecule has 0 saturated carbocycles.